The van der Waals surface area contributed by atoms with Crippen LogP contribution >= 0.6 is 0 Å². The topological polar surface area (TPSA) is 105 Å². The maximum Gasteiger partial charge on any atom is 0.337 e. The van der Waals surface area contributed by atoms with Crippen molar-refractivity contribution in [3.05, 3.63) is 29.3 Å². The van der Waals surface area contributed by atoms with Crippen molar-refractivity contribution in [2.75, 3.05) is 19.0 Å². The van der Waals surface area contributed by atoms with Crippen LogP contribution in [0.1, 0.15) is 48.0 Å². The molecule has 2 fully saturated rings. The van der Waals surface area contributed by atoms with Gasteiger partial charge in [-0.1, -0.05) is 18.9 Å². The molecule has 0 atom stereocenters. The van der Waals surface area contributed by atoms with Gasteiger partial charge in [0.25, 0.3) is 5.91 Å². The maximum atomic E-state index is 12.6. The summed E-state index contributed by atoms with van der Waals surface area (Å²) in [7, 11) is 1.29. The third-order valence-electron chi connectivity index (χ3n) is 5.20. The molecular weight excluding hydrogens is 350 g/mol. The molecule has 2 aliphatic rings. The Hall–Kier alpha value is -2.90. The van der Waals surface area contributed by atoms with Crippen molar-refractivity contribution >= 4 is 29.5 Å². The fraction of sp³-hybridized carbons (Fsp3) is 0.474. The monoisotopic (exact) mass is 373 g/mol. The number of nitrogens with one attached hydrogen (secondary N) is 2. The van der Waals surface area contributed by atoms with Crippen molar-refractivity contribution in [3.8, 4) is 0 Å². The summed E-state index contributed by atoms with van der Waals surface area (Å²) in [6, 6.07) is 4.44. The molecule has 2 N–H and O–H groups in total. The number of amides is 4. The van der Waals surface area contributed by atoms with Crippen molar-refractivity contribution < 1.29 is 23.9 Å². The first-order valence-electron chi connectivity index (χ1n) is 8.99. The second-order valence-electron chi connectivity index (χ2n) is 7.00. The zero-order chi connectivity index (χ0) is 19.6. The Labute approximate surface area is 157 Å². The van der Waals surface area contributed by atoms with Gasteiger partial charge in [0.1, 0.15) is 5.54 Å². The van der Waals surface area contributed by atoms with Crippen LogP contribution in [0.25, 0.3) is 0 Å². The predicted octanol–water partition coefficient (Wildman–Crippen LogP) is 1.97. The summed E-state index contributed by atoms with van der Waals surface area (Å²) in [4.78, 5) is 49.8. The molecule has 1 saturated heterocycles. The lowest BCUT2D eigenvalue weighted by atomic mass is 9.98. The molecule has 144 valence electrons. The summed E-state index contributed by atoms with van der Waals surface area (Å²) in [6.07, 6.45) is 3.11. The normalized spacial score (nSPS) is 17.9. The van der Waals surface area contributed by atoms with Crippen molar-refractivity contribution in [3.63, 3.8) is 0 Å². The number of urea groups is 1. The van der Waals surface area contributed by atoms with Crippen LogP contribution in [0, 0.1) is 6.92 Å². The van der Waals surface area contributed by atoms with Crippen LogP contribution < -0.4 is 10.6 Å². The summed E-state index contributed by atoms with van der Waals surface area (Å²) in [5, 5.41) is 5.52. The van der Waals surface area contributed by atoms with Gasteiger partial charge >= 0.3 is 12.0 Å². The molecule has 0 bridgehead atoms. The largest absolute Gasteiger partial charge is 0.465 e. The van der Waals surface area contributed by atoms with E-state index in [9.17, 15) is 19.2 Å². The molecule has 1 saturated carbocycles. The second-order valence-corrected chi connectivity index (χ2v) is 7.00. The van der Waals surface area contributed by atoms with E-state index in [4.69, 9.17) is 0 Å². The Bertz CT molecular complexity index is 799. The van der Waals surface area contributed by atoms with Gasteiger partial charge in [-0.2, -0.15) is 0 Å². The van der Waals surface area contributed by atoms with Gasteiger partial charge in [0.2, 0.25) is 5.91 Å². The molecule has 1 aliphatic carbocycles. The number of ether oxygens (including phenoxy) is 1. The molecule has 1 aromatic carbocycles. The molecule has 1 aromatic rings. The molecule has 0 unspecified atom stereocenters. The molecule has 8 heteroatoms. The highest BCUT2D eigenvalue weighted by Gasteiger charge is 2.52. The first-order valence-corrected chi connectivity index (χ1v) is 8.99. The van der Waals surface area contributed by atoms with Crippen LogP contribution in [0.15, 0.2) is 18.2 Å². The van der Waals surface area contributed by atoms with Gasteiger partial charge in [0.15, 0.2) is 0 Å². The van der Waals surface area contributed by atoms with E-state index in [2.05, 4.69) is 15.4 Å². The lowest BCUT2D eigenvalue weighted by molar-refractivity contribution is -0.131. The van der Waals surface area contributed by atoms with Crippen LogP contribution in [0.4, 0.5) is 10.5 Å². The first kappa shape index (κ1) is 18.9. The molecule has 0 radical (unpaired) electrons. The molecule has 4 amide bonds. The fourth-order valence-electron chi connectivity index (χ4n) is 3.62. The number of hydrogen-bond acceptors (Lipinski definition) is 5. The van der Waals surface area contributed by atoms with Gasteiger partial charge in [0.05, 0.1) is 12.7 Å². The third-order valence-corrected chi connectivity index (χ3v) is 5.20. The highest BCUT2D eigenvalue weighted by molar-refractivity contribution is 6.07. The molecule has 27 heavy (non-hydrogen) atoms. The van der Waals surface area contributed by atoms with Gasteiger partial charge in [-0.15, -0.1) is 0 Å². The molecular formula is C19H23N3O5. The average Bonchev–Trinajstić information content (AvgIpc) is 3.20. The van der Waals surface area contributed by atoms with E-state index < -0.39 is 17.5 Å². The second kappa shape index (κ2) is 7.38. The van der Waals surface area contributed by atoms with Gasteiger partial charge in [0, 0.05) is 18.7 Å². The number of benzene rings is 1. The predicted molar refractivity (Wildman–Crippen MR) is 97.2 cm³/mol. The minimum absolute atomic E-state index is 0.0167. The summed E-state index contributed by atoms with van der Waals surface area (Å²) in [5.74, 6) is -1.07. The number of anilines is 1. The summed E-state index contributed by atoms with van der Waals surface area (Å²) >= 11 is 0. The van der Waals surface area contributed by atoms with Crippen LogP contribution in [-0.4, -0.2) is 47.9 Å². The zero-order valence-electron chi connectivity index (χ0n) is 15.5. The third kappa shape index (κ3) is 3.65. The lowest BCUT2D eigenvalue weighted by Gasteiger charge is -2.20. The number of esters is 1. The SMILES string of the molecule is COC(=O)c1ccc(C)c(NC(=O)CCN2C(=O)NC3(CCCC3)C2=O)c1. The van der Waals surface area contributed by atoms with Gasteiger partial charge in [-0.3, -0.25) is 14.5 Å². The molecule has 1 heterocycles. The number of carbonyl (C=O) groups is 4. The zero-order valence-corrected chi connectivity index (χ0v) is 15.5. The van der Waals surface area contributed by atoms with Gasteiger partial charge in [-0.25, -0.2) is 9.59 Å². The first-order chi connectivity index (χ1) is 12.9. The smallest absolute Gasteiger partial charge is 0.337 e. The molecule has 0 aromatic heterocycles. The Morgan fingerprint density at radius 2 is 1.96 bits per heavy atom. The highest BCUT2D eigenvalue weighted by atomic mass is 16.5. The highest BCUT2D eigenvalue weighted by Crippen LogP contribution is 2.35. The van der Waals surface area contributed by atoms with Crippen molar-refractivity contribution in [1.29, 1.82) is 0 Å². The van der Waals surface area contributed by atoms with Gasteiger partial charge in [-0.05, 0) is 37.5 Å². The molecule has 3 rings (SSSR count). The fourth-order valence-corrected chi connectivity index (χ4v) is 3.62. The standard InChI is InChI=1S/C19H23N3O5/c1-12-5-6-13(16(24)27-2)11-14(12)20-15(23)7-10-22-17(25)19(21-18(22)26)8-3-4-9-19/h5-6,11H,3-4,7-10H2,1-2H3,(H,20,23)(H,21,26). The number of methoxy groups -OCH3 is 1. The Kier molecular flexibility index (Phi) is 5.16. The molecule has 1 spiro atoms. The number of rotatable bonds is 5. The van der Waals surface area contributed by atoms with E-state index >= 15 is 0 Å². The van der Waals surface area contributed by atoms with Crippen LogP contribution in [0.5, 0.6) is 0 Å². The number of imide groups is 1. The Morgan fingerprint density at radius 3 is 2.63 bits per heavy atom. The van der Waals surface area contributed by atoms with Crippen molar-refractivity contribution in [1.82, 2.24) is 10.2 Å². The Balaban J connectivity index is 1.61. The van der Waals surface area contributed by atoms with Crippen molar-refractivity contribution in [2.24, 2.45) is 0 Å². The molecule has 8 nitrogen and oxygen atoms in total. The summed E-state index contributed by atoms with van der Waals surface area (Å²) in [5.41, 5.74) is 0.845. The van der Waals surface area contributed by atoms with E-state index in [0.717, 1.165) is 23.3 Å². The molecule has 1 aliphatic heterocycles. The summed E-state index contributed by atoms with van der Waals surface area (Å²) in [6.45, 7) is 1.83. The van der Waals surface area contributed by atoms with Gasteiger partial charge < -0.3 is 15.4 Å². The number of aryl methyl sites for hydroxylation is 1. The Morgan fingerprint density at radius 1 is 1.26 bits per heavy atom. The number of nitrogens with zero attached hydrogens (tertiary/aromatic N) is 1. The van der Waals surface area contributed by atoms with E-state index in [0.29, 0.717) is 24.1 Å². The van der Waals surface area contributed by atoms with E-state index in [-0.39, 0.29) is 24.8 Å². The van der Waals surface area contributed by atoms with E-state index in [1.54, 1.807) is 25.1 Å². The quantitative estimate of drug-likeness (QED) is 0.606. The van der Waals surface area contributed by atoms with Crippen molar-refractivity contribution in [2.45, 2.75) is 44.6 Å². The average molecular weight is 373 g/mol. The maximum absolute atomic E-state index is 12.6. The minimum Gasteiger partial charge on any atom is -0.465 e. The summed E-state index contributed by atoms with van der Waals surface area (Å²) < 4.78 is 4.68. The van der Waals surface area contributed by atoms with Crippen LogP contribution in [-0.2, 0) is 14.3 Å². The van der Waals surface area contributed by atoms with E-state index in [1.807, 2.05) is 0 Å². The van der Waals surface area contributed by atoms with Crippen LogP contribution in [0.2, 0.25) is 0 Å². The lowest BCUT2D eigenvalue weighted by Crippen LogP contribution is -2.44. The minimum atomic E-state index is -0.765. The number of hydrogen-bond donors (Lipinski definition) is 2. The van der Waals surface area contributed by atoms with E-state index in [1.165, 1.54) is 7.11 Å². The van der Waals surface area contributed by atoms with Crippen LogP contribution in [0.3, 0.4) is 0 Å². The number of carbonyl (C=O) groups excluding carboxylic acids is 4.